The van der Waals surface area contributed by atoms with Gasteiger partial charge in [-0.05, 0) is 49.9 Å². The first-order valence-corrected chi connectivity index (χ1v) is 10.1. The van der Waals surface area contributed by atoms with Crippen molar-refractivity contribution < 1.29 is 9.13 Å². The van der Waals surface area contributed by atoms with E-state index >= 15 is 0 Å². The fourth-order valence-corrected chi connectivity index (χ4v) is 3.91. The van der Waals surface area contributed by atoms with Gasteiger partial charge in [0, 0.05) is 42.9 Å². The van der Waals surface area contributed by atoms with Crippen molar-refractivity contribution in [1.29, 1.82) is 0 Å². The highest BCUT2D eigenvalue weighted by Crippen LogP contribution is 2.36. The molecule has 2 bridgehead atoms. The Morgan fingerprint density at radius 3 is 2.87 bits per heavy atom. The summed E-state index contributed by atoms with van der Waals surface area (Å²) in [6.07, 6.45) is 4.92. The lowest BCUT2D eigenvalue weighted by atomic mass is 9.94. The Morgan fingerprint density at radius 1 is 1.32 bits per heavy atom. The second-order valence-electron chi connectivity index (χ2n) is 7.44. The number of aromatic nitrogens is 3. The van der Waals surface area contributed by atoms with E-state index in [-0.39, 0.29) is 11.6 Å². The Morgan fingerprint density at radius 2 is 2.13 bits per heavy atom. The lowest BCUT2D eigenvalue weighted by Crippen LogP contribution is -2.15. The van der Waals surface area contributed by atoms with E-state index in [2.05, 4.69) is 15.0 Å². The van der Waals surface area contributed by atoms with Crippen molar-refractivity contribution in [2.45, 2.75) is 26.4 Å². The zero-order valence-corrected chi connectivity index (χ0v) is 17.8. The third-order valence-corrected chi connectivity index (χ3v) is 5.36. The van der Waals surface area contributed by atoms with Crippen molar-refractivity contribution in [3.05, 3.63) is 71.2 Å². The average molecular weight is 420 g/mol. The second-order valence-corrected chi connectivity index (χ2v) is 7.44. The Balaban J connectivity index is 2.01. The molecule has 1 aliphatic rings. The lowest BCUT2D eigenvalue weighted by molar-refractivity contribution is 0.227. The molecular formula is C23H25FN6O. The van der Waals surface area contributed by atoms with Crippen molar-refractivity contribution in [3.8, 4) is 17.0 Å². The molecule has 0 aliphatic carbocycles. The van der Waals surface area contributed by atoms with Crippen molar-refractivity contribution in [2.75, 3.05) is 12.3 Å². The number of allylic oxidation sites excluding steroid dienone is 1. The standard InChI is InChI=1S/C23H25FN6O/c1-4-27-21-14(10-25)7-19-22(30(3)12-29-19)17-6-5-16(24)9-18(17)13(2)31-20-8-15(21)11-28-23(20)26/h5-6,8-13H,4,7,25H2,1-3H3,(H2,26,28). The van der Waals surface area contributed by atoms with Crippen LogP contribution in [-0.4, -0.2) is 26.8 Å². The van der Waals surface area contributed by atoms with Gasteiger partial charge >= 0.3 is 0 Å². The van der Waals surface area contributed by atoms with Crippen LogP contribution in [0.3, 0.4) is 0 Å². The predicted octanol–water partition coefficient (Wildman–Crippen LogP) is 3.55. The smallest absolute Gasteiger partial charge is 0.166 e. The molecule has 0 spiro atoms. The number of nitrogen functional groups attached to an aromatic ring is 1. The number of fused-ring (bicyclic) bond motifs is 5. The van der Waals surface area contributed by atoms with Crippen LogP contribution in [0.2, 0.25) is 0 Å². The number of halogens is 1. The van der Waals surface area contributed by atoms with Gasteiger partial charge < -0.3 is 20.8 Å². The molecule has 1 aliphatic heterocycles. The van der Waals surface area contributed by atoms with E-state index in [4.69, 9.17) is 16.2 Å². The number of pyridine rings is 1. The van der Waals surface area contributed by atoms with Gasteiger partial charge in [0.05, 0.1) is 23.4 Å². The molecule has 4 rings (SSSR count). The topological polar surface area (TPSA) is 104 Å². The fraction of sp³-hybridized carbons (Fsp3) is 0.261. The molecule has 7 nitrogen and oxygen atoms in total. The highest BCUT2D eigenvalue weighted by atomic mass is 19.1. The molecule has 1 aromatic carbocycles. The normalized spacial score (nSPS) is 18.6. The van der Waals surface area contributed by atoms with Crippen molar-refractivity contribution >= 4 is 11.5 Å². The van der Waals surface area contributed by atoms with E-state index in [9.17, 15) is 4.39 Å². The minimum atomic E-state index is -0.483. The Bertz CT molecular complexity index is 1200. The van der Waals surface area contributed by atoms with Crippen LogP contribution >= 0.6 is 0 Å². The molecular weight excluding hydrogens is 395 g/mol. The van der Waals surface area contributed by atoms with E-state index in [1.165, 1.54) is 12.1 Å². The zero-order chi connectivity index (χ0) is 22.1. The maximum absolute atomic E-state index is 14.2. The molecule has 0 saturated heterocycles. The van der Waals surface area contributed by atoms with Crippen molar-refractivity contribution in [1.82, 2.24) is 14.5 Å². The number of nitrogens with zero attached hydrogens (tertiary/aromatic N) is 4. The molecule has 1 unspecified atom stereocenters. The molecule has 2 aromatic heterocycles. The first-order chi connectivity index (χ1) is 14.9. The Hall–Kier alpha value is -3.68. The summed E-state index contributed by atoms with van der Waals surface area (Å²) in [6, 6.07) is 6.48. The lowest BCUT2D eigenvalue weighted by Gasteiger charge is -2.22. The largest absolute Gasteiger partial charge is 0.482 e. The number of aryl methyl sites for hydroxylation is 1. The number of hydrogen-bond donors (Lipinski definition) is 2. The minimum absolute atomic E-state index is 0.251. The molecule has 3 aromatic rings. The van der Waals surface area contributed by atoms with Gasteiger partial charge in [-0.15, -0.1) is 0 Å². The van der Waals surface area contributed by atoms with Crippen molar-refractivity contribution in [2.24, 2.45) is 17.8 Å². The number of nitrogens with two attached hydrogens (primary N) is 2. The fourth-order valence-electron chi connectivity index (χ4n) is 3.91. The number of rotatable bonds is 1. The Labute approximate surface area is 180 Å². The van der Waals surface area contributed by atoms with E-state index in [1.54, 1.807) is 30.9 Å². The van der Waals surface area contributed by atoms with Gasteiger partial charge in [0.1, 0.15) is 11.9 Å². The van der Waals surface area contributed by atoms with Gasteiger partial charge in [0.15, 0.2) is 11.6 Å². The van der Waals surface area contributed by atoms with Crippen LogP contribution in [0.4, 0.5) is 10.2 Å². The van der Waals surface area contributed by atoms with Crippen LogP contribution < -0.4 is 16.2 Å². The third kappa shape index (κ3) is 3.76. The van der Waals surface area contributed by atoms with Crippen molar-refractivity contribution in [3.63, 3.8) is 0 Å². The molecule has 160 valence electrons. The summed E-state index contributed by atoms with van der Waals surface area (Å²) in [6.45, 7) is 4.39. The summed E-state index contributed by atoms with van der Waals surface area (Å²) >= 11 is 0. The van der Waals surface area contributed by atoms with E-state index in [0.717, 1.165) is 28.1 Å². The van der Waals surface area contributed by atoms with E-state index < -0.39 is 6.10 Å². The number of benzene rings is 1. The molecule has 31 heavy (non-hydrogen) atoms. The van der Waals surface area contributed by atoms with Crippen LogP contribution in [0.5, 0.6) is 5.75 Å². The number of aliphatic imine (C=N–C) groups is 1. The number of ether oxygens (including phenoxy) is 1. The summed E-state index contributed by atoms with van der Waals surface area (Å²) in [5, 5.41) is 0. The summed E-state index contributed by atoms with van der Waals surface area (Å²) in [5.74, 6) is 0.317. The van der Waals surface area contributed by atoms with Crippen LogP contribution in [0.15, 0.2) is 53.6 Å². The van der Waals surface area contributed by atoms with Gasteiger partial charge in [-0.3, -0.25) is 4.99 Å². The molecule has 1 atom stereocenters. The first-order valence-electron chi connectivity index (χ1n) is 10.1. The maximum atomic E-state index is 14.2. The quantitative estimate of drug-likeness (QED) is 0.626. The molecule has 0 radical (unpaired) electrons. The van der Waals surface area contributed by atoms with Crippen LogP contribution in [0.25, 0.3) is 11.3 Å². The van der Waals surface area contributed by atoms with Crippen LogP contribution in [0.1, 0.15) is 36.8 Å². The molecule has 3 heterocycles. The van der Waals surface area contributed by atoms with Gasteiger partial charge in [-0.1, -0.05) is 0 Å². The summed E-state index contributed by atoms with van der Waals surface area (Å²) in [5.41, 5.74) is 17.6. The summed E-state index contributed by atoms with van der Waals surface area (Å²) in [4.78, 5) is 13.6. The van der Waals surface area contributed by atoms with Gasteiger partial charge in [-0.25, -0.2) is 14.4 Å². The number of anilines is 1. The summed E-state index contributed by atoms with van der Waals surface area (Å²) in [7, 11) is 1.91. The molecule has 8 heteroatoms. The van der Waals surface area contributed by atoms with E-state index in [0.29, 0.717) is 30.0 Å². The van der Waals surface area contributed by atoms with Gasteiger partial charge in [0.2, 0.25) is 0 Å². The van der Waals surface area contributed by atoms with Gasteiger partial charge in [-0.2, -0.15) is 0 Å². The zero-order valence-electron chi connectivity index (χ0n) is 17.8. The predicted molar refractivity (Wildman–Crippen MR) is 119 cm³/mol. The monoisotopic (exact) mass is 420 g/mol. The third-order valence-electron chi connectivity index (χ3n) is 5.36. The Kier molecular flexibility index (Phi) is 5.46. The molecule has 0 amide bonds. The van der Waals surface area contributed by atoms with Gasteiger partial charge in [0.25, 0.3) is 0 Å². The van der Waals surface area contributed by atoms with Crippen LogP contribution in [0, 0.1) is 5.82 Å². The first kappa shape index (κ1) is 20.6. The molecule has 0 saturated carbocycles. The minimum Gasteiger partial charge on any atom is -0.482 e. The average Bonchev–Trinajstić information content (AvgIpc) is 3.11. The number of imidazole rings is 1. The second kappa shape index (κ2) is 8.22. The molecule has 0 fully saturated rings. The maximum Gasteiger partial charge on any atom is 0.166 e. The summed E-state index contributed by atoms with van der Waals surface area (Å²) < 4.78 is 22.3. The SMILES string of the molecule is CCN=C1C(=CN)Cc2ncn(C)c2-c2ccc(F)cc2C(C)Oc2cc1cnc2N. The van der Waals surface area contributed by atoms with E-state index in [1.807, 2.05) is 25.5 Å². The molecule has 4 N–H and O–H groups in total. The highest BCUT2D eigenvalue weighted by Gasteiger charge is 2.24. The van der Waals surface area contributed by atoms with Crippen LogP contribution in [-0.2, 0) is 13.5 Å². The number of hydrogen-bond acceptors (Lipinski definition) is 6. The highest BCUT2D eigenvalue weighted by molar-refractivity contribution is 6.13.